The van der Waals surface area contributed by atoms with Crippen molar-refractivity contribution in [1.82, 2.24) is 4.90 Å². The summed E-state index contributed by atoms with van der Waals surface area (Å²) in [7, 11) is 8.70. The molecule has 3 rings (SSSR count). The summed E-state index contributed by atoms with van der Waals surface area (Å²) in [6, 6.07) is 11.3. The van der Waals surface area contributed by atoms with E-state index in [9.17, 15) is 4.79 Å². The van der Waals surface area contributed by atoms with Crippen molar-refractivity contribution in [3.8, 4) is 17.2 Å². The van der Waals surface area contributed by atoms with E-state index in [1.807, 2.05) is 14.1 Å². The smallest absolute Gasteiger partial charge is 0.203 e. The molecule has 0 aromatic heterocycles. The van der Waals surface area contributed by atoms with Gasteiger partial charge < -0.3 is 19.1 Å². The molecule has 0 amide bonds. The number of carbonyl (C=O) groups excluding carboxylic acids is 1. The first-order valence-corrected chi connectivity index (χ1v) is 10.2. The number of nitrogens with zero attached hydrogens (tertiary/aromatic N) is 2. The molecule has 0 spiro atoms. The summed E-state index contributed by atoms with van der Waals surface area (Å²) in [5, 5.41) is 0.896. The number of ether oxygens (including phenoxy) is 3. The maximum absolute atomic E-state index is 13.1. The summed E-state index contributed by atoms with van der Waals surface area (Å²) in [4.78, 5) is 19.9. The maximum Gasteiger partial charge on any atom is 0.203 e. The molecule has 2 aromatic rings. The molecule has 7 heteroatoms. The topological polar surface area (TPSA) is 60.4 Å². The van der Waals surface area contributed by atoms with Gasteiger partial charge in [0.1, 0.15) is 6.04 Å². The van der Waals surface area contributed by atoms with Crippen LogP contribution in [-0.4, -0.2) is 62.9 Å². The fraction of sp³-hybridized carbons (Fsp3) is 0.364. The van der Waals surface area contributed by atoms with Gasteiger partial charge in [0.25, 0.3) is 0 Å². The van der Waals surface area contributed by atoms with Gasteiger partial charge in [-0.05, 0) is 31.8 Å². The molecular weight excluding hydrogens is 388 g/mol. The van der Waals surface area contributed by atoms with Crippen molar-refractivity contribution in [3.63, 3.8) is 0 Å². The Morgan fingerprint density at radius 1 is 1.07 bits per heavy atom. The number of aliphatic imine (C=N–C) groups is 1. The molecule has 1 atom stereocenters. The lowest BCUT2D eigenvalue weighted by Crippen LogP contribution is -2.19. The Hall–Kier alpha value is -2.51. The van der Waals surface area contributed by atoms with E-state index in [1.165, 1.54) is 26.9 Å². The van der Waals surface area contributed by atoms with Crippen LogP contribution in [-0.2, 0) is 6.54 Å². The van der Waals surface area contributed by atoms with E-state index < -0.39 is 6.04 Å². The predicted octanol–water partition coefficient (Wildman–Crippen LogP) is 3.52. The van der Waals surface area contributed by atoms with Crippen molar-refractivity contribution in [1.29, 1.82) is 0 Å². The van der Waals surface area contributed by atoms with E-state index in [-0.39, 0.29) is 5.78 Å². The second-order valence-electron chi connectivity index (χ2n) is 6.97. The molecule has 1 aliphatic rings. The molecule has 1 heterocycles. The number of benzene rings is 2. The van der Waals surface area contributed by atoms with Gasteiger partial charge in [0.05, 0.1) is 26.4 Å². The lowest BCUT2D eigenvalue weighted by Gasteiger charge is -2.14. The van der Waals surface area contributed by atoms with E-state index in [1.54, 1.807) is 23.9 Å². The maximum atomic E-state index is 13.1. The monoisotopic (exact) mass is 414 g/mol. The summed E-state index contributed by atoms with van der Waals surface area (Å²) in [5.41, 5.74) is 2.78. The van der Waals surface area contributed by atoms with Crippen LogP contribution in [0.15, 0.2) is 41.4 Å². The largest absolute Gasteiger partial charge is 0.493 e. The minimum absolute atomic E-state index is 0.0593. The van der Waals surface area contributed by atoms with Gasteiger partial charge in [0.2, 0.25) is 5.75 Å². The van der Waals surface area contributed by atoms with Crippen LogP contribution in [0.4, 0.5) is 0 Å². The summed E-state index contributed by atoms with van der Waals surface area (Å²) >= 11 is 1.61. The molecule has 0 saturated heterocycles. The second-order valence-corrected chi connectivity index (χ2v) is 7.98. The fourth-order valence-corrected chi connectivity index (χ4v) is 4.25. The Labute approximate surface area is 175 Å². The number of hydrogen-bond acceptors (Lipinski definition) is 7. The average Bonchev–Trinajstić information content (AvgIpc) is 3.22. The van der Waals surface area contributed by atoms with Gasteiger partial charge >= 0.3 is 0 Å². The van der Waals surface area contributed by atoms with Crippen LogP contribution in [0, 0.1) is 0 Å². The molecule has 1 unspecified atom stereocenters. The highest BCUT2D eigenvalue weighted by Crippen LogP contribution is 2.39. The Morgan fingerprint density at radius 3 is 2.21 bits per heavy atom. The minimum Gasteiger partial charge on any atom is -0.493 e. The van der Waals surface area contributed by atoms with Crippen molar-refractivity contribution >= 4 is 22.6 Å². The number of ketones is 1. The zero-order chi connectivity index (χ0) is 21.0. The molecule has 2 aromatic carbocycles. The number of carbonyl (C=O) groups is 1. The number of Topliss-reactive ketones (excluding diaryl/α,β-unsaturated/α-hetero) is 1. The van der Waals surface area contributed by atoms with Gasteiger partial charge in [0.15, 0.2) is 17.3 Å². The van der Waals surface area contributed by atoms with Crippen LogP contribution < -0.4 is 14.2 Å². The van der Waals surface area contributed by atoms with Crippen LogP contribution in [0.1, 0.15) is 21.5 Å². The standard InChI is InChI=1S/C22H26N2O4S/c1-24(2)12-14-6-8-15(9-7-14)22-23-17(13-29-22)20(25)16-10-18(26-3)21(28-5)19(11-16)27-4/h6-11,17H,12-13H2,1-5H3. The highest BCUT2D eigenvalue weighted by atomic mass is 32.2. The van der Waals surface area contributed by atoms with Crippen molar-refractivity contribution in [2.24, 2.45) is 4.99 Å². The third kappa shape index (κ3) is 4.74. The normalized spacial score (nSPS) is 15.9. The molecule has 0 bridgehead atoms. The molecule has 154 valence electrons. The van der Waals surface area contributed by atoms with Crippen LogP contribution >= 0.6 is 11.8 Å². The molecule has 0 fully saturated rings. The summed E-state index contributed by atoms with van der Waals surface area (Å²) in [5.74, 6) is 1.94. The second kappa shape index (κ2) is 9.33. The highest BCUT2D eigenvalue weighted by molar-refractivity contribution is 8.14. The van der Waals surface area contributed by atoms with Gasteiger partial charge in [-0.15, -0.1) is 11.8 Å². The number of hydrogen-bond donors (Lipinski definition) is 0. The number of methoxy groups -OCH3 is 3. The number of rotatable bonds is 8. The van der Waals surface area contributed by atoms with E-state index in [0.29, 0.717) is 28.6 Å². The summed E-state index contributed by atoms with van der Waals surface area (Å²) in [6.45, 7) is 0.891. The Morgan fingerprint density at radius 2 is 1.69 bits per heavy atom. The van der Waals surface area contributed by atoms with Gasteiger partial charge in [-0.2, -0.15) is 0 Å². The molecule has 1 aliphatic heterocycles. The fourth-order valence-electron chi connectivity index (χ4n) is 3.20. The average molecular weight is 415 g/mol. The van der Waals surface area contributed by atoms with Crippen LogP contribution in [0.5, 0.6) is 17.2 Å². The molecule has 29 heavy (non-hydrogen) atoms. The quantitative estimate of drug-likeness (QED) is 0.616. The zero-order valence-corrected chi connectivity index (χ0v) is 18.2. The lowest BCUT2D eigenvalue weighted by atomic mass is 10.0. The lowest BCUT2D eigenvalue weighted by molar-refractivity contribution is 0.0971. The van der Waals surface area contributed by atoms with Crippen LogP contribution in [0.25, 0.3) is 0 Å². The van der Waals surface area contributed by atoms with Gasteiger partial charge in [0, 0.05) is 23.4 Å². The van der Waals surface area contributed by atoms with Gasteiger partial charge in [-0.3, -0.25) is 9.79 Å². The van der Waals surface area contributed by atoms with E-state index >= 15 is 0 Å². The first-order chi connectivity index (χ1) is 14.0. The first-order valence-electron chi connectivity index (χ1n) is 9.25. The Bertz CT molecular complexity index is 885. The SMILES string of the molecule is COc1cc(C(=O)C2CSC(c3ccc(CN(C)C)cc3)=N2)cc(OC)c1OC. The molecule has 0 saturated carbocycles. The summed E-state index contributed by atoms with van der Waals surface area (Å²) in [6.07, 6.45) is 0. The molecule has 6 nitrogen and oxygen atoms in total. The van der Waals surface area contributed by atoms with E-state index in [0.717, 1.165) is 17.2 Å². The third-order valence-electron chi connectivity index (χ3n) is 4.60. The highest BCUT2D eigenvalue weighted by Gasteiger charge is 2.28. The predicted molar refractivity (Wildman–Crippen MR) is 117 cm³/mol. The van der Waals surface area contributed by atoms with E-state index in [4.69, 9.17) is 14.2 Å². The van der Waals surface area contributed by atoms with Crippen molar-refractivity contribution < 1.29 is 19.0 Å². The first kappa shape index (κ1) is 21.2. The molecule has 0 radical (unpaired) electrons. The Kier molecular flexibility index (Phi) is 6.82. The zero-order valence-electron chi connectivity index (χ0n) is 17.4. The molecular formula is C22H26N2O4S. The van der Waals surface area contributed by atoms with Gasteiger partial charge in [-0.25, -0.2) is 0 Å². The molecule has 0 N–H and O–H groups in total. The minimum atomic E-state index is -0.431. The summed E-state index contributed by atoms with van der Waals surface area (Å²) < 4.78 is 16.1. The van der Waals surface area contributed by atoms with Gasteiger partial charge in [-0.1, -0.05) is 24.3 Å². The van der Waals surface area contributed by atoms with Crippen molar-refractivity contribution in [2.45, 2.75) is 12.6 Å². The number of thioether (sulfide) groups is 1. The van der Waals surface area contributed by atoms with Crippen LogP contribution in [0.3, 0.4) is 0 Å². The van der Waals surface area contributed by atoms with Crippen molar-refractivity contribution in [2.75, 3.05) is 41.2 Å². The Balaban J connectivity index is 1.82. The van der Waals surface area contributed by atoms with E-state index in [2.05, 4.69) is 34.2 Å². The molecule has 0 aliphatic carbocycles. The van der Waals surface area contributed by atoms with Crippen LogP contribution in [0.2, 0.25) is 0 Å². The third-order valence-corrected chi connectivity index (χ3v) is 5.70. The van der Waals surface area contributed by atoms with Crippen molar-refractivity contribution in [3.05, 3.63) is 53.1 Å².